The number of thiazole rings is 1. The summed E-state index contributed by atoms with van der Waals surface area (Å²) < 4.78 is 5.10. The first kappa shape index (κ1) is 13.4. The van der Waals surface area contributed by atoms with E-state index in [1.165, 1.54) is 11.3 Å². The van der Waals surface area contributed by atoms with Gasteiger partial charge < -0.3 is 9.64 Å². The number of carbonyl (C=O) groups excluding carboxylic acids is 1. The molecule has 0 aliphatic rings. The monoisotopic (exact) mass is 262 g/mol. The van der Waals surface area contributed by atoms with Crippen LogP contribution in [0, 0.1) is 0 Å². The zero-order chi connectivity index (χ0) is 12.1. The lowest BCUT2D eigenvalue weighted by Gasteiger charge is -2.26. The van der Waals surface area contributed by atoms with Gasteiger partial charge >= 0.3 is 0 Å². The van der Waals surface area contributed by atoms with Crippen LogP contribution in [-0.2, 0) is 4.74 Å². The molecule has 1 atom stereocenters. The van der Waals surface area contributed by atoms with Crippen molar-refractivity contribution in [3.63, 3.8) is 0 Å². The SMILES string of the molecule is CCN(c1nc(Cl)c(C=O)s1)C(C)COC. The van der Waals surface area contributed by atoms with E-state index in [1.54, 1.807) is 7.11 Å². The van der Waals surface area contributed by atoms with Crippen molar-refractivity contribution in [1.82, 2.24) is 4.98 Å². The molecule has 0 radical (unpaired) electrons. The van der Waals surface area contributed by atoms with E-state index in [4.69, 9.17) is 16.3 Å². The van der Waals surface area contributed by atoms with Gasteiger partial charge in [0.05, 0.1) is 12.6 Å². The average Bonchev–Trinajstić information content (AvgIpc) is 2.61. The fourth-order valence-corrected chi connectivity index (χ4v) is 2.69. The van der Waals surface area contributed by atoms with Crippen LogP contribution in [-0.4, -0.2) is 37.6 Å². The molecule has 0 fully saturated rings. The Labute approximate surface area is 104 Å². The van der Waals surface area contributed by atoms with Crippen molar-refractivity contribution in [2.45, 2.75) is 19.9 Å². The van der Waals surface area contributed by atoms with Crippen LogP contribution in [0.15, 0.2) is 0 Å². The Morgan fingerprint density at radius 3 is 2.81 bits per heavy atom. The summed E-state index contributed by atoms with van der Waals surface area (Å²) in [4.78, 5) is 17.4. The van der Waals surface area contributed by atoms with Gasteiger partial charge in [-0.15, -0.1) is 0 Å². The van der Waals surface area contributed by atoms with Gasteiger partial charge in [-0.3, -0.25) is 4.79 Å². The van der Waals surface area contributed by atoms with Crippen molar-refractivity contribution in [2.24, 2.45) is 0 Å². The third kappa shape index (κ3) is 2.93. The van der Waals surface area contributed by atoms with Gasteiger partial charge in [-0.2, -0.15) is 0 Å². The van der Waals surface area contributed by atoms with Gasteiger partial charge in [0.15, 0.2) is 16.6 Å². The van der Waals surface area contributed by atoms with Crippen molar-refractivity contribution in [1.29, 1.82) is 0 Å². The minimum absolute atomic E-state index is 0.205. The zero-order valence-corrected chi connectivity index (χ0v) is 11.1. The van der Waals surface area contributed by atoms with Crippen molar-refractivity contribution in [3.05, 3.63) is 10.0 Å². The number of aromatic nitrogens is 1. The first-order valence-electron chi connectivity index (χ1n) is 5.01. The van der Waals surface area contributed by atoms with Gasteiger partial charge in [-0.1, -0.05) is 22.9 Å². The number of rotatable bonds is 6. The molecule has 0 bridgehead atoms. The second kappa shape index (κ2) is 6.18. The van der Waals surface area contributed by atoms with Crippen molar-refractivity contribution in [3.8, 4) is 0 Å². The minimum Gasteiger partial charge on any atom is -0.383 e. The van der Waals surface area contributed by atoms with Gasteiger partial charge in [0.25, 0.3) is 0 Å². The first-order valence-corrected chi connectivity index (χ1v) is 6.20. The van der Waals surface area contributed by atoms with Gasteiger partial charge in [-0.25, -0.2) is 4.98 Å². The molecule has 0 aromatic carbocycles. The predicted molar refractivity (Wildman–Crippen MR) is 66.9 cm³/mol. The van der Waals surface area contributed by atoms with Crippen LogP contribution in [0.25, 0.3) is 0 Å². The Kier molecular flexibility index (Phi) is 5.18. The Balaban J connectivity index is 2.90. The second-order valence-corrected chi connectivity index (χ2v) is 4.73. The van der Waals surface area contributed by atoms with E-state index in [-0.39, 0.29) is 11.2 Å². The fraction of sp³-hybridized carbons (Fsp3) is 0.600. The molecule has 90 valence electrons. The van der Waals surface area contributed by atoms with E-state index in [9.17, 15) is 4.79 Å². The molecule has 1 rings (SSSR count). The van der Waals surface area contributed by atoms with Crippen molar-refractivity contribution in [2.75, 3.05) is 25.2 Å². The van der Waals surface area contributed by atoms with Crippen molar-refractivity contribution >= 4 is 34.4 Å². The summed E-state index contributed by atoms with van der Waals surface area (Å²) in [7, 11) is 1.66. The molecule has 1 aromatic rings. The number of nitrogens with zero attached hydrogens (tertiary/aromatic N) is 2. The molecule has 0 saturated heterocycles. The van der Waals surface area contributed by atoms with Gasteiger partial charge in [0, 0.05) is 13.7 Å². The summed E-state index contributed by atoms with van der Waals surface area (Å²) in [6, 6.07) is 0.205. The second-order valence-electron chi connectivity index (χ2n) is 3.36. The van der Waals surface area contributed by atoms with Crippen LogP contribution in [0.5, 0.6) is 0 Å². The molecule has 4 nitrogen and oxygen atoms in total. The quantitative estimate of drug-likeness (QED) is 0.739. The summed E-state index contributed by atoms with van der Waals surface area (Å²) in [6.07, 6.45) is 0.734. The van der Waals surface area contributed by atoms with E-state index in [2.05, 4.69) is 9.88 Å². The Morgan fingerprint density at radius 2 is 2.38 bits per heavy atom. The smallest absolute Gasteiger partial charge is 0.187 e. The molecular weight excluding hydrogens is 248 g/mol. The maximum Gasteiger partial charge on any atom is 0.187 e. The topological polar surface area (TPSA) is 42.4 Å². The predicted octanol–water partition coefficient (Wildman–Crippen LogP) is 2.47. The van der Waals surface area contributed by atoms with Gasteiger partial charge in [-0.05, 0) is 13.8 Å². The van der Waals surface area contributed by atoms with Gasteiger partial charge in [0.1, 0.15) is 4.88 Å². The highest BCUT2D eigenvalue weighted by Crippen LogP contribution is 2.29. The molecule has 1 unspecified atom stereocenters. The third-order valence-electron chi connectivity index (χ3n) is 2.23. The molecule has 0 N–H and O–H groups in total. The maximum absolute atomic E-state index is 10.7. The highest BCUT2D eigenvalue weighted by atomic mass is 35.5. The summed E-state index contributed by atoms with van der Waals surface area (Å²) in [5.41, 5.74) is 0. The van der Waals surface area contributed by atoms with E-state index in [0.29, 0.717) is 11.5 Å². The summed E-state index contributed by atoms with van der Waals surface area (Å²) in [5.74, 6) is 0. The van der Waals surface area contributed by atoms with E-state index in [1.807, 2.05) is 13.8 Å². The first-order chi connectivity index (χ1) is 7.63. The molecule has 0 saturated carbocycles. The lowest BCUT2D eigenvalue weighted by molar-refractivity contribution is 0.112. The number of halogens is 1. The van der Waals surface area contributed by atoms with E-state index in [0.717, 1.165) is 18.0 Å². The van der Waals surface area contributed by atoms with Crippen molar-refractivity contribution < 1.29 is 9.53 Å². The Bertz CT molecular complexity index is 357. The molecule has 0 aliphatic heterocycles. The van der Waals surface area contributed by atoms with Gasteiger partial charge in [0.2, 0.25) is 0 Å². The maximum atomic E-state index is 10.7. The number of ether oxygens (including phenoxy) is 1. The highest BCUT2D eigenvalue weighted by molar-refractivity contribution is 7.17. The lowest BCUT2D eigenvalue weighted by atomic mass is 10.3. The molecule has 1 aromatic heterocycles. The van der Waals surface area contributed by atoms with Crippen LogP contribution in [0.2, 0.25) is 5.15 Å². The number of methoxy groups -OCH3 is 1. The minimum atomic E-state index is 0.205. The standard InChI is InChI=1S/C10H15ClN2O2S/c1-4-13(7(2)6-15-3)10-12-9(11)8(5-14)16-10/h5,7H,4,6H2,1-3H3. The zero-order valence-electron chi connectivity index (χ0n) is 9.57. The van der Waals surface area contributed by atoms with Crippen LogP contribution in [0.3, 0.4) is 0 Å². The Morgan fingerprint density at radius 1 is 1.69 bits per heavy atom. The number of hydrogen-bond acceptors (Lipinski definition) is 5. The molecule has 0 spiro atoms. The van der Waals surface area contributed by atoms with Crippen LogP contribution >= 0.6 is 22.9 Å². The largest absolute Gasteiger partial charge is 0.383 e. The molecule has 0 amide bonds. The summed E-state index contributed by atoms with van der Waals surface area (Å²) in [5, 5.41) is 1.04. The number of carbonyl (C=O) groups is 1. The average molecular weight is 263 g/mol. The number of hydrogen-bond donors (Lipinski definition) is 0. The van der Waals surface area contributed by atoms with E-state index >= 15 is 0 Å². The number of anilines is 1. The fourth-order valence-electron chi connectivity index (χ4n) is 1.46. The molecular formula is C10H15ClN2O2S. The highest BCUT2D eigenvalue weighted by Gasteiger charge is 2.18. The molecule has 0 aliphatic carbocycles. The normalized spacial score (nSPS) is 12.5. The third-order valence-corrected chi connectivity index (χ3v) is 3.65. The van der Waals surface area contributed by atoms with Crippen LogP contribution < -0.4 is 4.90 Å². The number of likely N-dealkylation sites (N-methyl/N-ethyl adjacent to an activating group) is 1. The Hall–Kier alpha value is -0.650. The lowest BCUT2D eigenvalue weighted by Crippen LogP contribution is -2.36. The molecule has 6 heteroatoms. The van der Waals surface area contributed by atoms with Crippen LogP contribution in [0.1, 0.15) is 23.5 Å². The number of aldehydes is 1. The van der Waals surface area contributed by atoms with Crippen LogP contribution in [0.4, 0.5) is 5.13 Å². The molecule has 1 heterocycles. The summed E-state index contributed by atoms with van der Waals surface area (Å²) >= 11 is 7.14. The molecule has 16 heavy (non-hydrogen) atoms. The summed E-state index contributed by atoms with van der Waals surface area (Å²) in [6.45, 7) is 5.49. The van der Waals surface area contributed by atoms with E-state index < -0.39 is 0 Å².